The largest absolute Gasteiger partial charge is 0.335 e. The second-order valence-corrected chi connectivity index (χ2v) is 6.96. The van der Waals surface area contributed by atoms with Gasteiger partial charge in [0.25, 0.3) is 5.91 Å². The van der Waals surface area contributed by atoms with Gasteiger partial charge in [-0.05, 0) is 54.6 Å². The summed E-state index contributed by atoms with van der Waals surface area (Å²) in [5, 5.41) is 0.559. The minimum Gasteiger partial charge on any atom is -0.335 e. The summed E-state index contributed by atoms with van der Waals surface area (Å²) in [6.45, 7) is 7.59. The molecule has 5 nitrogen and oxygen atoms in total. The normalized spacial score (nSPS) is 14.8. The number of benzene rings is 1. The SMILES string of the molecule is CCN(CC)C(=O)N1CCN(C(=O)c2cc(Cl)ccc2I)CC1. The minimum atomic E-state index is -0.0214. The van der Waals surface area contributed by atoms with E-state index in [0.29, 0.717) is 49.9 Å². The van der Waals surface area contributed by atoms with Crippen LogP contribution < -0.4 is 0 Å². The molecule has 7 heteroatoms. The molecule has 0 radical (unpaired) electrons. The Hall–Kier alpha value is -1.02. The number of hydrogen-bond donors (Lipinski definition) is 0. The monoisotopic (exact) mass is 449 g/mol. The first kappa shape index (κ1) is 18.3. The maximum absolute atomic E-state index is 12.6. The van der Waals surface area contributed by atoms with Crippen molar-refractivity contribution >= 4 is 46.1 Å². The second-order valence-electron chi connectivity index (χ2n) is 5.36. The number of carbonyl (C=O) groups excluding carboxylic acids is 2. The Morgan fingerprint density at radius 2 is 1.70 bits per heavy atom. The van der Waals surface area contributed by atoms with Crippen molar-refractivity contribution in [3.8, 4) is 0 Å². The van der Waals surface area contributed by atoms with Crippen LogP contribution in [0.4, 0.5) is 4.79 Å². The lowest BCUT2D eigenvalue weighted by atomic mass is 10.2. The fourth-order valence-corrected chi connectivity index (χ4v) is 3.36. The van der Waals surface area contributed by atoms with Gasteiger partial charge in [0.15, 0.2) is 0 Å². The van der Waals surface area contributed by atoms with Crippen molar-refractivity contribution in [2.45, 2.75) is 13.8 Å². The van der Waals surface area contributed by atoms with Crippen LogP contribution in [0.25, 0.3) is 0 Å². The van der Waals surface area contributed by atoms with Gasteiger partial charge in [0.2, 0.25) is 0 Å². The molecule has 0 aromatic heterocycles. The minimum absolute atomic E-state index is 0.0214. The molecule has 3 amide bonds. The lowest BCUT2D eigenvalue weighted by molar-refractivity contribution is 0.0640. The molecule has 0 N–H and O–H groups in total. The summed E-state index contributed by atoms with van der Waals surface area (Å²) in [4.78, 5) is 30.4. The Morgan fingerprint density at radius 3 is 2.26 bits per heavy atom. The Balaban J connectivity index is 2.00. The number of hydrogen-bond acceptors (Lipinski definition) is 2. The molecule has 126 valence electrons. The second kappa shape index (κ2) is 8.19. The molecule has 1 fully saturated rings. The van der Waals surface area contributed by atoms with Crippen molar-refractivity contribution in [3.05, 3.63) is 32.4 Å². The zero-order valence-corrected chi connectivity index (χ0v) is 16.3. The van der Waals surface area contributed by atoms with Crippen molar-refractivity contribution < 1.29 is 9.59 Å². The zero-order chi connectivity index (χ0) is 17.0. The summed E-state index contributed by atoms with van der Waals surface area (Å²) in [5.41, 5.74) is 0.626. The standard InChI is InChI=1S/C16H21ClIN3O2/c1-3-19(4-2)16(23)21-9-7-20(8-10-21)15(22)13-11-12(17)5-6-14(13)18/h5-6,11H,3-4,7-10H2,1-2H3. The topological polar surface area (TPSA) is 43.9 Å². The van der Waals surface area contributed by atoms with E-state index in [1.165, 1.54) is 0 Å². The summed E-state index contributed by atoms with van der Waals surface area (Å²) in [6, 6.07) is 5.38. The fourth-order valence-electron chi connectivity index (χ4n) is 2.63. The van der Waals surface area contributed by atoms with E-state index in [1.807, 2.05) is 24.8 Å². The highest BCUT2D eigenvalue weighted by Gasteiger charge is 2.27. The Morgan fingerprint density at radius 1 is 1.13 bits per heavy atom. The molecule has 23 heavy (non-hydrogen) atoms. The number of halogens is 2. The van der Waals surface area contributed by atoms with Crippen molar-refractivity contribution in [2.24, 2.45) is 0 Å². The van der Waals surface area contributed by atoms with E-state index >= 15 is 0 Å². The molecule has 0 bridgehead atoms. The van der Waals surface area contributed by atoms with Crippen molar-refractivity contribution in [2.75, 3.05) is 39.3 Å². The van der Waals surface area contributed by atoms with E-state index in [9.17, 15) is 9.59 Å². The predicted molar refractivity (Wildman–Crippen MR) is 100.0 cm³/mol. The average molecular weight is 450 g/mol. The van der Waals surface area contributed by atoms with Crippen LogP contribution in [0.5, 0.6) is 0 Å². The Kier molecular flexibility index (Phi) is 6.52. The number of carbonyl (C=O) groups is 2. The third kappa shape index (κ3) is 4.29. The molecule has 1 aromatic rings. The molecule has 1 aliphatic heterocycles. The molecule has 1 aromatic carbocycles. The number of nitrogens with zero attached hydrogens (tertiary/aromatic N) is 3. The summed E-state index contributed by atoms with van der Waals surface area (Å²) < 4.78 is 0.888. The van der Waals surface area contributed by atoms with Crippen LogP contribution >= 0.6 is 34.2 Å². The van der Waals surface area contributed by atoms with Crippen LogP contribution in [0.15, 0.2) is 18.2 Å². The summed E-state index contributed by atoms with van der Waals surface area (Å²) in [6.07, 6.45) is 0. The van der Waals surface area contributed by atoms with Crippen LogP contribution in [0, 0.1) is 3.57 Å². The molecule has 1 heterocycles. The highest BCUT2D eigenvalue weighted by Crippen LogP contribution is 2.20. The highest BCUT2D eigenvalue weighted by atomic mass is 127. The molecule has 0 spiro atoms. The quantitative estimate of drug-likeness (QED) is 0.666. The van der Waals surface area contributed by atoms with E-state index in [-0.39, 0.29) is 11.9 Å². The van der Waals surface area contributed by atoms with Crippen LogP contribution in [-0.4, -0.2) is 65.9 Å². The average Bonchev–Trinajstić information content (AvgIpc) is 2.57. The van der Waals surface area contributed by atoms with Crippen LogP contribution in [0.1, 0.15) is 24.2 Å². The van der Waals surface area contributed by atoms with Crippen molar-refractivity contribution in [1.29, 1.82) is 0 Å². The smallest absolute Gasteiger partial charge is 0.320 e. The van der Waals surface area contributed by atoms with E-state index in [1.54, 1.807) is 21.9 Å². The van der Waals surface area contributed by atoms with Crippen molar-refractivity contribution in [1.82, 2.24) is 14.7 Å². The maximum Gasteiger partial charge on any atom is 0.320 e. The van der Waals surface area contributed by atoms with Crippen LogP contribution in [0.3, 0.4) is 0 Å². The number of piperazine rings is 1. The van der Waals surface area contributed by atoms with E-state index in [2.05, 4.69) is 22.6 Å². The summed E-state index contributed by atoms with van der Waals surface area (Å²) in [7, 11) is 0. The van der Waals surface area contributed by atoms with E-state index in [0.717, 1.165) is 3.57 Å². The van der Waals surface area contributed by atoms with Gasteiger partial charge in [0.1, 0.15) is 0 Å². The van der Waals surface area contributed by atoms with Gasteiger partial charge < -0.3 is 14.7 Å². The van der Waals surface area contributed by atoms with Crippen molar-refractivity contribution in [3.63, 3.8) is 0 Å². The first-order chi connectivity index (χ1) is 11.0. The first-order valence-electron chi connectivity index (χ1n) is 7.76. The van der Waals surface area contributed by atoms with Gasteiger partial charge in [-0.15, -0.1) is 0 Å². The van der Waals surface area contributed by atoms with Gasteiger partial charge >= 0.3 is 6.03 Å². The zero-order valence-electron chi connectivity index (χ0n) is 13.4. The molecule has 2 rings (SSSR count). The summed E-state index contributed by atoms with van der Waals surface area (Å²) in [5.74, 6) is -0.0214. The lowest BCUT2D eigenvalue weighted by Gasteiger charge is -2.37. The Labute approximate surface area is 155 Å². The first-order valence-corrected chi connectivity index (χ1v) is 9.21. The fraction of sp³-hybridized carbons (Fsp3) is 0.500. The predicted octanol–water partition coefficient (Wildman–Crippen LogP) is 3.16. The molecule has 0 aliphatic carbocycles. The Bertz CT molecular complexity index is 585. The number of urea groups is 1. The van der Waals surface area contributed by atoms with E-state index in [4.69, 9.17) is 11.6 Å². The van der Waals surface area contributed by atoms with E-state index < -0.39 is 0 Å². The molecular weight excluding hydrogens is 429 g/mol. The number of amides is 3. The van der Waals surface area contributed by atoms with Gasteiger partial charge in [-0.1, -0.05) is 11.6 Å². The van der Waals surface area contributed by atoms with Gasteiger partial charge in [0.05, 0.1) is 5.56 Å². The van der Waals surface area contributed by atoms with Crippen LogP contribution in [0.2, 0.25) is 5.02 Å². The third-order valence-corrected chi connectivity index (χ3v) is 5.21. The molecule has 1 saturated heterocycles. The third-order valence-electron chi connectivity index (χ3n) is 4.03. The maximum atomic E-state index is 12.6. The van der Waals surface area contributed by atoms with Gasteiger partial charge in [-0.2, -0.15) is 0 Å². The highest BCUT2D eigenvalue weighted by molar-refractivity contribution is 14.1. The number of rotatable bonds is 3. The van der Waals surface area contributed by atoms with Gasteiger partial charge in [-0.3, -0.25) is 4.79 Å². The molecule has 0 atom stereocenters. The summed E-state index contributed by atoms with van der Waals surface area (Å²) >= 11 is 8.14. The van der Waals surface area contributed by atoms with Gasteiger partial charge in [0, 0.05) is 47.9 Å². The van der Waals surface area contributed by atoms with Gasteiger partial charge in [-0.25, -0.2) is 4.79 Å². The lowest BCUT2D eigenvalue weighted by Crippen LogP contribution is -2.54. The molecular formula is C16H21ClIN3O2. The molecule has 1 aliphatic rings. The van der Waals surface area contributed by atoms with Crippen LogP contribution in [-0.2, 0) is 0 Å². The molecule has 0 saturated carbocycles. The molecule has 0 unspecified atom stereocenters.